The molecule has 2 aromatic carbocycles. The molecule has 0 radical (unpaired) electrons. The Labute approximate surface area is 178 Å². The number of halogens is 1. The van der Waals surface area contributed by atoms with Crippen molar-refractivity contribution < 1.29 is 14.3 Å². The highest BCUT2D eigenvalue weighted by atomic mass is 79.9. The number of dihydropyridines is 1. The van der Waals surface area contributed by atoms with Crippen LogP contribution >= 0.6 is 15.9 Å². The summed E-state index contributed by atoms with van der Waals surface area (Å²) in [4.78, 5) is 26.0. The molecule has 2 aliphatic rings. The Balaban J connectivity index is 1.81. The molecular formula is C24H22BrNO3. The van der Waals surface area contributed by atoms with Gasteiger partial charge < -0.3 is 10.1 Å². The third kappa shape index (κ3) is 3.67. The number of carbonyl (C=O) groups is 2. The van der Waals surface area contributed by atoms with Crippen molar-refractivity contribution >= 4 is 27.7 Å². The number of nitrogens with one attached hydrogen (secondary N) is 1. The number of Topliss-reactive ketones (excluding diaryl/α,β-unsaturated/α-hetero) is 1. The van der Waals surface area contributed by atoms with Crippen molar-refractivity contribution in [1.29, 1.82) is 0 Å². The smallest absolute Gasteiger partial charge is 0.336 e. The molecule has 1 N–H and O–H groups in total. The monoisotopic (exact) mass is 451 g/mol. The van der Waals surface area contributed by atoms with Crippen molar-refractivity contribution in [2.45, 2.75) is 31.6 Å². The van der Waals surface area contributed by atoms with Crippen molar-refractivity contribution in [1.82, 2.24) is 5.32 Å². The molecule has 0 bridgehead atoms. The minimum Gasteiger partial charge on any atom is -0.466 e. The maximum atomic E-state index is 13.3. The van der Waals surface area contributed by atoms with Gasteiger partial charge in [0.2, 0.25) is 0 Å². The molecule has 2 aromatic rings. The molecule has 2 atom stereocenters. The topological polar surface area (TPSA) is 55.4 Å². The summed E-state index contributed by atoms with van der Waals surface area (Å²) in [6.07, 6.45) is 1.18. The van der Waals surface area contributed by atoms with Gasteiger partial charge in [0.25, 0.3) is 0 Å². The van der Waals surface area contributed by atoms with E-state index in [2.05, 4.69) is 33.4 Å². The second-order valence-corrected chi connectivity index (χ2v) is 8.39. The average Bonchev–Trinajstić information content (AvgIpc) is 2.73. The van der Waals surface area contributed by atoms with Crippen molar-refractivity contribution in [3.63, 3.8) is 0 Å². The lowest BCUT2D eigenvalue weighted by Crippen LogP contribution is -2.36. The fourth-order valence-corrected chi connectivity index (χ4v) is 4.63. The molecule has 5 heteroatoms. The van der Waals surface area contributed by atoms with Crippen LogP contribution in [0.25, 0.3) is 0 Å². The van der Waals surface area contributed by atoms with Crippen LogP contribution in [0.4, 0.5) is 0 Å². The van der Waals surface area contributed by atoms with Crippen LogP contribution in [0.15, 0.2) is 81.6 Å². The molecule has 4 nitrogen and oxygen atoms in total. The van der Waals surface area contributed by atoms with Crippen LogP contribution in [0, 0.1) is 0 Å². The first-order valence-corrected chi connectivity index (χ1v) is 10.4. The zero-order valence-electron chi connectivity index (χ0n) is 16.4. The van der Waals surface area contributed by atoms with Gasteiger partial charge in [0.15, 0.2) is 5.78 Å². The number of ketones is 1. The van der Waals surface area contributed by atoms with E-state index in [1.165, 1.54) is 7.11 Å². The van der Waals surface area contributed by atoms with Crippen LogP contribution in [0.5, 0.6) is 0 Å². The molecular weight excluding hydrogens is 430 g/mol. The summed E-state index contributed by atoms with van der Waals surface area (Å²) >= 11 is 3.46. The van der Waals surface area contributed by atoms with E-state index in [-0.39, 0.29) is 11.7 Å². The number of benzene rings is 2. The van der Waals surface area contributed by atoms with Crippen LogP contribution < -0.4 is 5.32 Å². The number of esters is 1. The molecule has 148 valence electrons. The predicted molar refractivity (Wildman–Crippen MR) is 115 cm³/mol. The molecule has 0 aromatic heterocycles. The Morgan fingerprint density at radius 3 is 2.38 bits per heavy atom. The first kappa shape index (κ1) is 19.6. The van der Waals surface area contributed by atoms with Crippen molar-refractivity contribution in [2.75, 3.05) is 7.11 Å². The lowest BCUT2D eigenvalue weighted by molar-refractivity contribution is -0.136. The van der Waals surface area contributed by atoms with E-state index in [0.717, 1.165) is 33.4 Å². The van der Waals surface area contributed by atoms with Gasteiger partial charge in [-0.2, -0.15) is 0 Å². The standard InChI is InChI=1S/C24H22BrNO3/c1-14-21(24(28)29-2)22(16-8-10-18(25)11-9-16)23-19(26-14)12-17(13-20(23)27)15-6-4-3-5-7-15/h3-11,17,22,26H,12-13H2,1-2H3/t17-,22-/m0/s1. The van der Waals surface area contributed by atoms with Gasteiger partial charge in [0, 0.05) is 33.8 Å². The Hall–Kier alpha value is -2.66. The molecule has 29 heavy (non-hydrogen) atoms. The lowest BCUT2D eigenvalue weighted by atomic mass is 9.72. The van der Waals surface area contributed by atoms with E-state index in [4.69, 9.17) is 4.74 Å². The number of methoxy groups -OCH3 is 1. The second-order valence-electron chi connectivity index (χ2n) is 7.47. The number of hydrogen-bond donors (Lipinski definition) is 1. The van der Waals surface area contributed by atoms with Crippen LogP contribution in [0.1, 0.15) is 42.7 Å². The van der Waals surface area contributed by atoms with Gasteiger partial charge in [0.1, 0.15) is 0 Å². The third-order valence-corrected chi connectivity index (χ3v) is 6.24. The number of rotatable bonds is 3. The van der Waals surface area contributed by atoms with E-state index in [1.807, 2.05) is 49.4 Å². The number of ether oxygens (including phenoxy) is 1. The Morgan fingerprint density at radius 2 is 1.72 bits per heavy atom. The van der Waals surface area contributed by atoms with Gasteiger partial charge in [-0.15, -0.1) is 0 Å². The van der Waals surface area contributed by atoms with E-state index >= 15 is 0 Å². The Morgan fingerprint density at radius 1 is 1.03 bits per heavy atom. The van der Waals surface area contributed by atoms with Crippen molar-refractivity contribution in [2.24, 2.45) is 0 Å². The zero-order chi connectivity index (χ0) is 20.5. The summed E-state index contributed by atoms with van der Waals surface area (Å²) in [6, 6.07) is 17.9. The van der Waals surface area contributed by atoms with Crippen molar-refractivity contribution in [3.8, 4) is 0 Å². The second kappa shape index (κ2) is 7.99. The van der Waals surface area contributed by atoms with E-state index in [9.17, 15) is 9.59 Å². The van der Waals surface area contributed by atoms with Gasteiger partial charge in [-0.05, 0) is 42.5 Å². The van der Waals surface area contributed by atoms with Crippen LogP contribution in [0.2, 0.25) is 0 Å². The predicted octanol–water partition coefficient (Wildman–Crippen LogP) is 4.98. The van der Waals surface area contributed by atoms with E-state index in [0.29, 0.717) is 17.6 Å². The molecule has 0 fully saturated rings. The van der Waals surface area contributed by atoms with Crippen LogP contribution in [0.3, 0.4) is 0 Å². The maximum absolute atomic E-state index is 13.3. The lowest BCUT2D eigenvalue weighted by Gasteiger charge is -2.36. The van der Waals surface area contributed by atoms with Gasteiger partial charge >= 0.3 is 5.97 Å². The minimum atomic E-state index is -0.420. The summed E-state index contributed by atoms with van der Waals surface area (Å²) in [5, 5.41) is 3.35. The molecule has 0 spiro atoms. The number of carbonyl (C=O) groups excluding carboxylic acids is 2. The Kier molecular flexibility index (Phi) is 5.41. The molecule has 0 amide bonds. The summed E-state index contributed by atoms with van der Waals surface area (Å²) in [6.45, 7) is 1.87. The van der Waals surface area contributed by atoms with Crippen LogP contribution in [-0.4, -0.2) is 18.9 Å². The minimum absolute atomic E-state index is 0.0782. The quantitative estimate of drug-likeness (QED) is 0.668. The number of allylic oxidation sites excluding steroid dienone is 3. The molecule has 4 rings (SSSR count). The molecule has 1 aliphatic carbocycles. The maximum Gasteiger partial charge on any atom is 0.336 e. The average molecular weight is 452 g/mol. The van der Waals surface area contributed by atoms with Gasteiger partial charge in [-0.25, -0.2) is 4.79 Å². The fourth-order valence-electron chi connectivity index (χ4n) is 4.37. The largest absolute Gasteiger partial charge is 0.466 e. The van der Waals surface area contributed by atoms with E-state index in [1.54, 1.807) is 0 Å². The SMILES string of the molecule is COC(=O)C1=C(C)NC2=C(C(=O)C[C@@H](c3ccccc3)C2)[C@H]1c1ccc(Br)cc1. The molecule has 0 unspecified atom stereocenters. The summed E-state index contributed by atoms with van der Waals surface area (Å²) in [5.74, 6) is -0.620. The highest BCUT2D eigenvalue weighted by molar-refractivity contribution is 9.10. The molecule has 1 aliphatic heterocycles. The Bertz CT molecular complexity index is 1020. The molecule has 1 heterocycles. The fraction of sp³-hybridized carbons (Fsp3) is 0.250. The summed E-state index contributed by atoms with van der Waals surface area (Å²) in [5.41, 5.74) is 4.91. The molecule has 0 saturated carbocycles. The van der Waals surface area contributed by atoms with Crippen molar-refractivity contribution in [3.05, 3.63) is 92.7 Å². The van der Waals surface area contributed by atoms with Crippen LogP contribution in [-0.2, 0) is 14.3 Å². The summed E-state index contributed by atoms with van der Waals surface area (Å²) in [7, 11) is 1.37. The first-order valence-electron chi connectivity index (χ1n) is 9.62. The third-order valence-electron chi connectivity index (χ3n) is 5.71. The zero-order valence-corrected chi connectivity index (χ0v) is 18.0. The highest BCUT2D eigenvalue weighted by Gasteiger charge is 2.41. The first-order chi connectivity index (χ1) is 14.0. The number of hydrogen-bond acceptors (Lipinski definition) is 4. The van der Waals surface area contributed by atoms with E-state index < -0.39 is 11.9 Å². The van der Waals surface area contributed by atoms with Gasteiger partial charge in [0.05, 0.1) is 12.7 Å². The molecule has 0 saturated heterocycles. The van der Waals surface area contributed by atoms with Gasteiger partial charge in [-0.3, -0.25) is 4.79 Å². The highest BCUT2D eigenvalue weighted by Crippen LogP contribution is 2.45. The summed E-state index contributed by atoms with van der Waals surface area (Å²) < 4.78 is 6.01. The van der Waals surface area contributed by atoms with Gasteiger partial charge in [-0.1, -0.05) is 58.4 Å². The normalized spacial score (nSPS) is 21.6.